The van der Waals surface area contributed by atoms with Crippen molar-refractivity contribution in [2.45, 2.75) is 57.4 Å². The maximum absolute atomic E-state index is 9.67. The number of pyridine rings is 1. The van der Waals surface area contributed by atoms with E-state index in [1.807, 2.05) is 24.0 Å². The van der Waals surface area contributed by atoms with Crippen LogP contribution in [0.25, 0.3) is 0 Å². The molecule has 0 spiro atoms. The zero-order valence-electron chi connectivity index (χ0n) is 14.2. The second-order valence-corrected chi connectivity index (χ2v) is 8.91. The minimum absolute atomic E-state index is 0.154. The minimum Gasteiger partial charge on any atom is -0.393 e. The van der Waals surface area contributed by atoms with E-state index in [4.69, 9.17) is 0 Å². The number of hydrogen-bond acceptors (Lipinski definition) is 5. The Labute approximate surface area is 138 Å². The van der Waals surface area contributed by atoms with Gasteiger partial charge in [0, 0.05) is 35.8 Å². The van der Waals surface area contributed by atoms with Crippen LogP contribution in [0.5, 0.6) is 0 Å². The van der Waals surface area contributed by atoms with E-state index in [0.29, 0.717) is 6.04 Å². The van der Waals surface area contributed by atoms with Crippen LogP contribution in [0, 0.1) is 0 Å². The number of nitrogens with zero attached hydrogens (tertiary/aromatic N) is 2. The number of piperidine rings is 1. The largest absolute Gasteiger partial charge is 0.393 e. The molecule has 2 heterocycles. The molecule has 0 bridgehead atoms. The summed E-state index contributed by atoms with van der Waals surface area (Å²) in [5.41, 5.74) is 1.10. The summed E-state index contributed by atoms with van der Waals surface area (Å²) in [5.74, 6) is 2.08. The number of aliphatic hydroxyl groups is 1. The lowest BCUT2D eigenvalue weighted by atomic mass is 10.1. The SMILES string of the molecule is CC(CSC(C)(C)C)Nc1cccnc1N1CCC(O)CC1. The normalized spacial score (nSPS) is 18.3. The van der Waals surface area contributed by atoms with Gasteiger partial charge in [0.15, 0.2) is 5.82 Å². The summed E-state index contributed by atoms with van der Waals surface area (Å²) in [5, 5.41) is 13.3. The standard InChI is InChI=1S/C17H29N3OS/c1-13(12-22-17(2,3)4)19-15-6-5-9-18-16(15)20-10-7-14(21)8-11-20/h5-6,9,13-14,19,21H,7-8,10-12H2,1-4H3. The molecule has 1 aliphatic rings. The quantitative estimate of drug-likeness (QED) is 0.870. The first-order valence-corrected chi connectivity index (χ1v) is 9.12. The Hall–Kier alpha value is -0.940. The van der Waals surface area contributed by atoms with Gasteiger partial charge in [0.1, 0.15) is 0 Å². The maximum atomic E-state index is 9.67. The molecule has 1 unspecified atom stereocenters. The van der Waals surface area contributed by atoms with E-state index in [-0.39, 0.29) is 10.9 Å². The van der Waals surface area contributed by atoms with E-state index in [9.17, 15) is 5.11 Å². The van der Waals surface area contributed by atoms with Crippen LogP contribution in [0.2, 0.25) is 0 Å². The van der Waals surface area contributed by atoms with E-state index in [1.165, 1.54) is 0 Å². The molecule has 0 radical (unpaired) electrons. The molecule has 0 aromatic carbocycles. The fourth-order valence-electron chi connectivity index (χ4n) is 2.52. The third-order valence-electron chi connectivity index (χ3n) is 3.72. The van der Waals surface area contributed by atoms with Crippen LogP contribution in [0.3, 0.4) is 0 Å². The Morgan fingerprint density at radius 3 is 2.73 bits per heavy atom. The molecule has 1 fully saturated rings. The summed E-state index contributed by atoms with van der Waals surface area (Å²) in [6.07, 6.45) is 3.34. The average Bonchev–Trinajstić information content (AvgIpc) is 2.46. The number of aliphatic hydroxyl groups excluding tert-OH is 1. The predicted octanol–water partition coefficient (Wildman–Crippen LogP) is 3.37. The Bertz CT molecular complexity index is 467. The van der Waals surface area contributed by atoms with Crippen LogP contribution in [0.4, 0.5) is 11.5 Å². The van der Waals surface area contributed by atoms with Crippen LogP contribution in [-0.2, 0) is 0 Å². The van der Waals surface area contributed by atoms with Crippen LogP contribution in [-0.4, -0.2) is 45.8 Å². The van der Waals surface area contributed by atoms with Gasteiger partial charge >= 0.3 is 0 Å². The molecular weight excluding hydrogens is 294 g/mol. The summed E-state index contributed by atoms with van der Waals surface area (Å²) in [6, 6.07) is 4.47. The van der Waals surface area contributed by atoms with Crippen molar-refractivity contribution in [3.63, 3.8) is 0 Å². The number of thioether (sulfide) groups is 1. The van der Waals surface area contributed by atoms with Gasteiger partial charge in [-0.2, -0.15) is 11.8 Å². The smallest absolute Gasteiger partial charge is 0.151 e. The minimum atomic E-state index is -0.154. The van der Waals surface area contributed by atoms with E-state index in [1.54, 1.807) is 0 Å². The molecule has 2 rings (SSSR count). The second-order valence-electron chi connectivity index (χ2n) is 7.06. The van der Waals surface area contributed by atoms with E-state index >= 15 is 0 Å². The molecule has 0 amide bonds. The number of hydrogen-bond donors (Lipinski definition) is 2. The Morgan fingerprint density at radius 1 is 1.41 bits per heavy atom. The van der Waals surface area contributed by atoms with Crippen molar-refractivity contribution in [2.75, 3.05) is 29.1 Å². The molecule has 1 saturated heterocycles. The molecule has 2 N–H and O–H groups in total. The lowest BCUT2D eigenvalue weighted by Crippen LogP contribution is -2.37. The van der Waals surface area contributed by atoms with Gasteiger partial charge in [-0.1, -0.05) is 20.8 Å². The van der Waals surface area contributed by atoms with Crippen molar-refractivity contribution in [3.8, 4) is 0 Å². The lowest BCUT2D eigenvalue weighted by molar-refractivity contribution is 0.145. The van der Waals surface area contributed by atoms with Crippen molar-refractivity contribution in [1.82, 2.24) is 4.98 Å². The average molecular weight is 324 g/mol. The summed E-state index contributed by atoms with van der Waals surface area (Å²) < 4.78 is 0.288. The Kier molecular flexibility index (Phi) is 5.98. The number of rotatable bonds is 5. The molecule has 1 aliphatic heterocycles. The van der Waals surface area contributed by atoms with E-state index < -0.39 is 0 Å². The molecular formula is C17H29N3OS. The van der Waals surface area contributed by atoms with Gasteiger partial charge in [0.25, 0.3) is 0 Å². The van der Waals surface area contributed by atoms with E-state index in [0.717, 1.165) is 43.2 Å². The second kappa shape index (κ2) is 7.55. The molecule has 0 saturated carbocycles. The third-order valence-corrected chi connectivity index (χ3v) is 5.25. The number of nitrogens with one attached hydrogen (secondary N) is 1. The summed E-state index contributed by atoms with van der Waals surface area (Å²) >= 11 is 1.97. The highest BCUT2D eigenvalue weighted by atomic mass is 32.2. The number of anilines is 2. The Balaban J connectivity index is 1.99. The van der Waals surface area contributed by atoms with Crippen LogP contribution in [0.1, 0.15) is 40.5 Å². The lowest BCUT2D eigenvalue weighted by Gasteiger charge is -2.32. The van der Waals surface area contributed by atoms with Gasteiger partial charge in [-0.05, 0) is 31.9 Å². The van der Waals surface area contributed by atoms with Gasteiger partial charge in [-0.15, -0.1) is 0 Å². The van der Waals surface area contributed by atoms with Crippen molar-refractivity contribution in [1.29, 1.82) is 0 Å². The fourth-order valence-corrected chi connectivity index (χ4v) is 3.35. The monoisotopic (exact) mass is 323 g/mol. The molecule has 1 aromatic rings. The van der Waals surface area contributed by atoms with Crippen molar-refractivity contribution < 1.29 is 5.11 Å². The van der Waals surface area contributed by atoms with Crippen LogP contribution < -0.4 is 10.2 Å². The van der Waals surface area contributed by atoms with Gasteiger partial charge in [0.05, 0.1) is 11.8 Å². The zero-order chi connectivity index (χ0) is 16.2. The molecule has 1 atom stereocenters. The van der Waals surface area contributed by atoms with E-state index in [2.05, 4.69) is 49.0 Å². The first-order valence-electron chi connectivity index (χ1n) is 8.13. The predicted molar refractivity (Wildman–Crippen MR) is 97.0 cm³/mol. The molecule has 5 heteroatoms. The summed E-state index contributed by atoms with van der Waals surface area (Å²) in [4.78, 5) is 6.84. The fraction of sp³-hybridized carbons (Fsp3) is 0.706. The van der Waals surface area contributed by atoms with Gasteiger partial charge < -0.3 is 15.3 Å². The van der Waals surface area contributed by atoms with Crippen LogP contribution >= 0.6 is 11.8 Å². The first-order chi connectivity index (χ1) is 10.3. The topological polar surface area (TPSA) is 48.4 Å². The molecule has 124 valence electrons. The summed E-state index contributed by atoms with van der Waals surface area (Å²) in [7, 11) is 0. The van der Waals surface area contributed by atoms with Crippen molar-refractivity contribution in [3.05, 3.63) is 18.3 Å². The highest BCUT2D eigenvalue weighted by Crippen LogP contribution is 2.28. The summed E-state index contributed by atoms with van der Waals surface area (Å²) in [6.45, 7) is 10.7. The first kappa shape index (κ1) is 17.4. The van der Waals surface area contributed by atoms with Gasteiger partial charge in [-0.25, -0.2) is 4.98 Å². The molecule has 1 aromatic heterocycles. The molecule has 0 aliphatic carbocycles. The van der Waals surface area contributed by atoms with Gasteiger partial charge in [0.2, 0.25) is 0 Å². The molecule has 22 heavy (non-hydrogen) atoms. The van der Waals surface area contributed by atoms with Crippen molar-refractivity contribution in [2.24, 2.45) is 0 Å². The highest BCUT2D eigenvalue weighted by Gasteiger charge is 2.21. The van der Waals surface area contributed by atoms with Crippen LogP contribution in [0.15, 0.2) is 18.3 Å². The van der Waals surface area contributed by atoms with Gasteiger partial charge in [-0.3, -0.25) is 0 Å². The highest BCUT2D eigenvalue weighted by molar-refractivity contribution is 8.00. The zero-order valence-corrected chi connectivity index (χ0v) is 15.0. The Morgan fingerprint density at radius 2 is 2.09 bits per heavy atom. The molecule has 4 nitrogen and oxygen atoms in total. The number of aromatic nitrogens is 1. The third kappa shape index (κ3) is 5.36. The van der Waals surface area contributed by atoms with Crippen molar-refractivity contribution >= 4 is 23.3 Å². The maximum Gasteiger partial charge on any atom is 0.151 e.